The van der Waals surface area contributed by atoms with Gasteiger partial charge in [-0.1, -0.05) is 36.4 Å². The molecule has 6 aromatic rings. The predicted octanol–water partition coefficient (Wildman–Crippen LogP) is 9.35. The minimum Gasteiger partial charge on any atom is -0.493 e. The molecule has 2 N–H and O–H groups in total. The lowest BCUT2D eigenvalue weighted by Crippen LogP contribution is -2.42. The number of anilines is 2. The summed E-state index contributed by atoms with van der Waals surface area (Å²) in [5.74, 6) is 0.0469. The highest BCUT2D eigenvalue weighted by atomic mass is 19.1. The number of epoxide rings is 1. The molecule has 2 amide bonds. The number of rotatable bonds is 12. The van der Waals surface area contributed by atoms with Crippen molar-refractivity contribution in [2.45, 2.75) is 37.9 Å². The molecule has 1 fully saturated rings. The van der Waals surface area contributed by atoms with Crippen molar-refractivity contribution >= 4 is 23.2 Å². The molecule has 64 heavy (non-hydrogen) atoms. The van der Waals surface area contributed by atoms with Gasteiger partial charge in [0.05, 0.1) is 27.4 Å². The number of para-hydroxylation sites is 4. The number of benzene rings is 6. The van der Waals surface area contributed by atoms with Crippen molar-refractivity contribution < 1.29 is 55.9 Å². The average molecular weight is 879 g/mol. The topological polar surface area (TPSA) is 119 Å². The number of hydrogen-bond donors (Lipinski definition) is 2. The molecule has 2 unspecified atom stereocenters. The van der Waals surface area contributed by atoms with Crippen LogP contribution in [-0.2, 0) is 27.2 Å². The van der Waals surface area contributed by atoms with Gasteiger partial charge in [-0.25, -0.2) is 17.6 Å². The van der Waals surface area contributed by atoms with Gasteiger partial charge >= 0.3 is 0 Å². The number of amides is 2. The lowest BCUT2D eigenvalue weighted by molar-refractivity contribution is -0.119. The number of hydrogen-bond acceptors (Lipinski definition) is 8. The first-order valence-electron chi connectivity index (χ1n) is 20.6. The maximum Gasteiger partial charge on any atom is 0.227 e. The number of carbonyl (C=O) groups excluding carboxylic acids is 2. The fourth-order valence-electron chi connectivity index (χ4n) is 7.20. The number of aliphatic hydroxyl groups is 1. The van der Waals surface area contributed by atoms with Crippen LogP contribution in [0.2, 0.25) is 0 Å². The molecule has 332 valence electrons. The summed E-state index contributed by atoms with van der Waals surface area (Å²) >= 11 is 0. The van der Waals surface area contributed by atoms with E-state index in [9.17, 15) is 32.3 Å². The molecule has 10 nitrogen and oxygen atoms in total. The number of nitrogens with one attached hydrogen (secondary N) is 1. The Morgan fingerprint density at radius 1 is 0.672 bits per heavy atom. The molecule has 0 aliphatic carbocycles. The van der Waals surface area contributed by atoms with Crippen molar-refractivity contribution in [2.24, 2.45) is 0 Å². The Bertz CT molecular complexity index is 2600. The molecular formula is C50H46F4N2O8. The van der Waals surface area contributed by atoms with Gasteiger partial charge in [0.25, 0.3) is 0 Å². The van der Waals surface area contributed by atoms with Crippen molar-refractivity contribution in [3.63, 3.8) is 0 Å². The van der Waals surface area contributed by atoms with Crippen molar-refractivity contribution in [3.05, 3.63) is 156 Å². The summed E-state index contributed by atoms with van der Waals surface area (Å²) in [5, 5.41) is 13.3. The van der Waals surface area contributed by atoms with Crippen LogP contribution in [0.15, 0.2) is 121 Å². The zero-order chi connectivity index (χ0) is 45.2. The molecule has 14 heteroatoms. The summed E-state index contributed by atoms with van der Waals surface area (Å²) in [6.45, 7) is 1.47. The first-order valence-corrected chi connectivity index (χ1v) is 20.6. The van der Waals surface area contributed by atoms with Crippen LogP contribution in [0.1, 0.15) is 24.0 Å². The lowest BCUT2D eigenvalue weighted by Gasteiger charge is -2.31. The average Bonchev–Trinajstić information content (AvgIpc) is 4.14. The third-order valence-electron chi connectivity index (χ3n) is 10.6. The number of aryl methyl sites for hydroxylation is 2. The predicted molar refractivity (Wildman–Crippen MR) is 234 cm³/mol. The second kappa shape index (κ2) is 21.0. The van der Waals surface area contributed by atoms with E-state index < -0.39 is 29.4 Å². The number of ether oxygens (including phenoxy) is 5. The number of nitrogens with zero attached hydrogens (tertiary/aromatic N) is 1. The van der Waals surface area contributed by atoms with Crippen LogP contribution < -0.4 is 29.2 Å². The molecule has 0 spiro atoms. The maximum atomic E-state index is 14.2. The molecule has 0 bridgehead atoms. The largest absolute Gasteiger partial charge is 0.493 e. The van der Waals surface area contributed by atoms with Crippen LogP contribution in [0.3, 0.4) is 0 Å². The quantitative estimate of drug-likeness (QED) is 0.0923. The second-order valence-electron chi connectivity index (χ2n) is 15.0. The van der Waals surface area contributed by atoms with Gasteiger partial charge in [0.15, 0.2) is 23.0 Å². The van der Waals surface area contributed by atoms with Crippen molar-refractivity contribution in [1.29, 1.82) is 0 Å². The molecule has 1 saturated heterocycles. The summed E-state index contributed by atoms with van der Waals surface area (Å²) in [4.78, 5) is 25.4. The van der Waals surface area contributed by atoms with Gasteiger partial charge in [0.1, 0.15) is 48.7 Å². The fourth-order valence-corrected chi connectivity index (χ4v) is 7.20. The smallest absolute Gasteiger partial charge is 0.227 e. The van der Waals surface area contributed by atoms with Crippen LogP contribution in [0.5, 0.6) is 23.0 Å². The zero-order valence-corrected chi connectivity index (χ0v) is 35.1. The SMILES string of the molecule is COc1ccccc1OCC(O)CN1C(=O)CCc2cc(-c3ccc(F)cc3F)ccc21.COc1ccccc1OCC1CO1.O=C1CCc2cc(-c3ccc(F)cc3F)ccc2N1. The van der Waals surface area contributed by atoms with Gasteiger partial charge in [-0.05, 0) is 108 Å². The van der Waals surface area contributed by atoms with E-state index in [0.29, 0.717) is 65.3 Å². The van der Waals surface area contributed by atoms with Gasteiger partial charge < -0.3 is 39.0 Å². The highest BCUT2D eigenvalue weighted by Crippen LogP contribution is 2.35. The molecule has 0 aromatic heterocycles. The molecule has 0 radical (unpaired) electrons. The summed E-state index contributed by atoms with van der Waals surface area (Å²) in [5.41, 5.74) is 5.22. The molecule has 9 rings (SSSR count). The highest BCUT2D eigenvalue weighted by Gasteiger charge is 2.27. The van der Waals surface area contributed by atoms with Gasteiger partial charge in [-0.15, -0.1) is 0 Å². The minimum absolute atomic E-state index is 0.00628. The van der Waals surface area contributed by atoms with E-state index in [1.807, 2.05) is 42.5 Å². The second-order valence-corrected chi connectivity index (χ2v) is 15.0. The van der Waals surface area contributed by atoms with Gasteiger partial charge in [0.2, 0.25) is 11.8 Å². The van der Waals surface area contributed by atoms with Crippen molar-refractivity contribution in [2.75, 3.05) is 50.8 Å². The number of aliphatic hydroxyl groups excluding tert-OH is 1. The van der Waals surface area contributed by atoms with Gasteiger partial charge in [-0.2, -0.15) is 0 Å². The molecule has 6 aromatic carbocycles. The van der Waals surface area contributed by atoms with Gasteiger partial charge in [0, 0.05) is 47.5 Å². The third kappa shape index (κ3) is 11.6. The Morgan fingerprint density at radius 3 is 1.80 bits per heavy atom. The Hall–Kier alpha value is -6.90. The van der Waals surface area contributed by atoms with E-state index in [1.165, 1.54) is 36.3 Å². The van der Waals surface area contributed by atoms with E-state index in [0.717, 1.165) is 47.1 Å². The Morgan fingerprint density at radius 2 is 1.22 bits per heavy atom. The lowest BCUT2D eigenvalue weighted by atomic mass is 9.95. The van der Waals surface area contributed by atoms with Crippen molar-refractivity contribution in [3.8, 4) is 45.3 Å². The molecule has 3 heterocycles. The Balaban J connectivity index is 0.000000161. The molecule has 2 atom stereocenters. The van der Waals surface area contributed by atoms with Gasteiger partial charge in [-0.3, -0.25) is 9.59 Å². The zero-order valence-electron chi connectivity index (χ0n) is 35.1. The summed E-state index contributed by atoms with van der Waals surface area (Å²) in [6, 6.07) is 32.3. The van der Waals surface area contributed by atoms with E-state index in [4.69, 9.17) is 23.7 Å². The number of methoxy groups -OCH3 is 2. The Kier molecular flexibility index (Phi) is 14.8. The first-order chi connectivity index (χ1) is 31.0. The summed E-state index contributed by atoms with van der Waals surface area (Å²) in [6.07, 6.45) is 1.21. The number of carbonyl (C=O) groups is 2. The van der Waals surface area contributed by atoms with Crippen LogP contribution in [0, 0.1) is 23.3 Å². The van der Waals surface area contributed by atoms with Crippen LogP contribution in [0.25, 0.3) is 22.3 Å². The summed E-state index contributed by atoms with van der Waals surface area (Å²) in [7, 11) is 3.17. The van der Waals surface area contributed by atoms with E-state index in [1.54, 1.807) is 49.6 Å². The summed E-state index contributed by atoms with van der Waals surface area (Å²) < 4.78 is 80.6. The van der Waals surface area contributed by atoms with E-state index in [-0.39, 0.29) is 37.5 Å². The molecule has 3 aliphatic rings. The highest BCUT2D eigenvalue weighted by molar-refractivity contribution is 5.97. The minimum atomic E-state index is -0.927. The molecule has 3 aliphatic heterocycles. The van der Waals surface area contributed by atoms with E-state index >= 15 is 0 Å². The maximum absolute atomic E-state index is 14.2. The molecule has 0 saturated carbocycles. The monoisotopic (exact) mass is 878 g/mol. The number of β-amino-alcohol motifs (C(OH)–C–C–N with tert-alkyl or cyclic N) is 1. The van der Waals surface area contributed by atoms with Crippen LogP contribution >= 0.6 is 0 Å². The number of halogens is 4. The third-order valence-corrected chi connectivity index (χ3v) is 10.6. The van der Waals surface area contributed by atoms with Crippen molar-refractivity contribution in [1.82, 2.24) is 0 Å². The van der Waals surface area contributed by atoms with Crippen LogP contribution in [0.4, 0.5) is 28.9 Å². The normalized spacial score (nSPS) is 15.2. The fraction of sp³-hybridized carbons (Fsp3) is 0.240. The standard InChI is InChI=1S/C25H23F2NO4.C15H11F2NO.C10H12O3/c1-31-23-4-2-3-5-24(23)32-15-19(29)14-28-22-10-6-16(12-17(22)7-11-25(28)30)20-9-8-18(26)13-21(20)27;16-11-3-4-12(13(17)8-11)9-1-5-14-10(7-9)2-6-15(19)18-14;1-11-9-4-2-3-5-10(9)13-7-8-6-12-8/h2-6,8-10,12-13,19,29H,7,11,14-15H2,1H3;1,3-5,7-8H,2,6H2,(H,18,19);2-5,8H,6-7H2,1H3. The number of fused-ring (bicyclic) bond motifs is 2. The molecular weight excluding hydrogens is 833 g/mol. The first kappa shape index (κ1) is 45.1. The van der Waals surface area contributed by atoms with E-state index in [2.05, 4.69) is 5.32 Å². The van der Waals surface area contributed by atoms with Crippen LogP contribution in [-0.4, -0.2) is 69.7 Å². The Labute approximate surface area is 367 Å².